The molecule has 0 spiro atoms. The Morgan fingerprint density at radius 3 is 2.65 bits per heavy atom. The average molecular weight is 310 g/mol. The van der Waals surface area contributed by atoms with Crippen molar-refractivity contribution >= 4 is 28.9 Å². The zero-order valence-electron chi connectivity index (χ0n) is 10.8. The van der Waals surface area contributed by atoms with Gasteiger partial charge in [-0.15, -0.1) is 0 Å². The predicted molar refractivity (Wildman–Crippen MR) is 72.7 cm³/mol. The molecule has 0 saturated heterocycles. The van der Waals surface area contributed by atoms with Crippen molar-refractivity contribution in [3.05, 3.63) is 23.2 Å². The van der Waals surface area contributed by atoms with Crippen molar-refractivity contribution in [1.29, 1.82) is 0 Å². The molecule has 0 fully saturated rings. The van der Waals surface area contributed by atoms with Gasteiger partial charge in [0.25, 0.3) is 0 Å². The molecule has 4 nitrogen and oxygen atoms in total. The van der Waals surface area contributed by atoms with E-state index < -0.39 is 18.6 Å². The minimum absolute atomic E-state index is 0.00115. The molecule has 0 aromatic heterocycles. The van der Waals surface area contributed by atoms with Crippen molar-refractivity contribution in [3.8, 4) is 0 Å². The van der Waals surface area contributed by atoms with Crippen LogP contribution in [0.3, 0.4) is 0 Å². The van der Waals surface area contributed by atoms with E-state index >= 15 is 0 Å². The first-order valence-electron chi connectivity index (χ1n) is 5.77. The van der Waals surface area contributed by atoms with E-state index in [2.05, 4.69) is 5.32 Å². The second-order valence-electron chi connectivity index (χ2n) is 4.38. The molecule has 0 heterocycles. The Hall–Kier alpha value is -1.47. The van der Waals surface area contributed by atoms with Crippen LogP contribution in [-0.2, 0) is 4.79 Å². The van der Waals surface area contributed by atoms with Crippen LogP contribution in [0.25, 0.3) is 0 Å². The molecule has 1 amide bonds. The molecule has 0 atom stereocenters. The molecule has 112 valence electrons. The summed E-state index contributed by atoms with van der Waals surface area (Å²) in [6, 6.07) is 4.57. The summed E-state index contributed by atoms with van der Waals surface area (Å²) in [6.45, 7) is -1.05. The summed E-state index contributed by atoms with van der Waals surface area (Å²) in [5.41, 5.74) is 6.34. The first-order valence-corrected chi connectivity index (χ1v) is 6.15. The van der Waals surface area contributed by atoms with Crippen molar-refractivity contribution in [2.45, 2.75) is 12.6 Å². The maximum atomic E-state index is 12.1. The van der Waals surface area contributed by atoms with Crippen LogP contribution >= 0.6 is 11.6 Å². The van der Waals surface area contributed by atoms with E-state index in [1.165, 1.54) is 19.2 Å². The number of carbonyl (C=O) groups is 1. The van der Waals surface area contributed by atoms with E-state index in [1.807, 2.05) is 0 Å². The maximum Gasteiger partial charge on any atom is 0.401 e. The Balaban J connectivity index is 2.44. The van der Waals surface area contributed by atoms with E-state index in [1.54, 1.807) is 6.07 Å². The van der Waals surface area contributed by atoms with Gasteiger partial charge in [-0.25, -0.2) is 0 Å². The van der Waals surface area contributed by atoms with Gasteiger partial charge in [0, 0.05) is 18.0 Å². The molecular weight excluding hydrogens is 295 g/mol. The number of nitrogens with one attached hydrogen (secondary N) is 1. The summed E-state index contributed by atoms with van der Waals surface area (Å²) < 4.78 is 36.3. The SMILES string of the molecule is CN(CCC(=O)Nc1ccc(Cl)cc1N)CC(F)(F)F. The zero-order chi connectivity index (χ0) is 15.3. The largest absolute Gasteiger partial charge is 0.401 e. The summed E-state index contributed by atoms with van der Waals surface area (Å²) >= 11 is 5.71. The van der Waals surface area contributed by atoms with Crippen LogP contribution in [0.5, 0.6) is 0 Å². The molecule has 1 rings (SSSR count). The molecule has 0 aliphatic heterocycles. The first-order chi connectivity index (χ1) is 9.17. The highest BCUT2D eigenvalue weighted by molar-refractivity contribution is 6.31. The van der Waals surface area contributed by atoms with Crippen LogP contribution in [0.15, 0.2) is 18.2 Å². The lowest BCUT2D eigenvalue weighted by molar-refractivity contribution is -0.144. The highest BCUT2D eigenvalue weighted by Gasteiger charge is 2.29. The number of nitrogens with two attached hydrogens (primary N) is 1. The highest BCUT2D eigenvalue weighted by atomic mass is 35.5. The van der Waals surface area contributed by atoms with Crippen LogP contribution in [0.4, 0.5) is 24.5 Å². The maximum absolute atomic E-state index is 12.1. The van der Waals surface area contributed by atoms with Gasteiger partial charge in [-0.1, -0.05) is 11.6 Å². The summed E-state index contributed by atoms with van der Waals surface area (Å²) in [7, 11) is 1.30. The monoisotopic (exact) mass is 309 g/mol. The fourth-order valence-corrected chi connectivity index (χ4v) is 1.72. The zero-order valence-corrected chi connectivity index (χ0v) is 11.6. The van der Waals surface area contributed by atoms with Gasteiger partial charge >= 0.3 is 6.18 Å². The third kappa shape index (κ3) is 6.12. The Morgan fingerprint density at radius 2 is 2.10 bits per heavy atom. The van der Waals surface area contributed by atoms with Crippen LogP contribution in [0.1, 0.15) is 6.42 Å². The van der Waals surface area contributed by atoms with Crippen molar-refractivity contribution in [1.82, 2.24) is 4.90 Å². The standard InChI is InChI=1S/C12H15ClF3N3O/c1-19(7-12(14,15)16)5-4-11(20)18-10-3-2-8(13)6-9(10)17/h2-3,6H,4-5,7,17H2,1H3,(H,18,20). The van der Waals surface area contributed by atoms with Crippen LogP contribution in [0, 0.1) is 0 Å². The number of nitrogen functional groups attached to an aromatic ring is 1. The molecule has 3 N–H and O–H groups in total. The lowest BCUT2D eigenvalue weighted by Gasteiger charge is -2.18. The van der Waals surface area contributed by atoms with Crippen molar-refractivity contribution in [2.75, 3.05) is 31.2 Å². The normalized spacial score (nSPS) is 11.7. The molecule has 1 aromatic rings. The predicted octanol–water partition coefficient (Wildman–Crippen LogP) is 2.74. The van der Waals surface area contributed by atoms with Gasteiger partial charge in [-0.3, -0.25) is 9.69 Å². The molecular formula is C12H15ClF3N3O. The van der Waals surface area contributed by atoms with Gasteiger partial charge in [0.1, 0.15) is 0 Å². The van der Waals surface area contributed by atoms with E-state index in [-0.39, 0.29) is 13.0 Å². The van der Waals surface area contributed by atoms with Crippen LogP contribution in [0.2, 0.25) is 5.02 Å². The summed E-state index contributed by atoms with van der Waals surface area (Å²) in [5, 5.41) is 2.96. The smallest absolute Gasteiger partial charge is 0.397 e. The minimum Gasteiger partial charge on any atom is -0.397 e. The van der Waals surface area contributed by atoms with Crippen molar-refractivity contribution in [2.24, 2.45) is 0 Å². The lowest BCUT2D eigenvalue weighted by atomic mass is 10.2. The number of carbonyl (C=O) groups excluding carboxylic acids is 1. The summed E-state index contributed by atoms with van der Waals surface area (Å²) in [5.74, 6) is -0.409. The minimum atomic E-state index is -4.27. The van der Waals surface area contributed by atoms with E-state index in [9.17, 15) is 18.0 Å². The summed E-state index contributed by atoms with van der Waals surface area (Å²) in [4.78, 5) is 12.6. The van der Waals surface area contributed by atoms with Gasteiger partial charge in [0.05, 0.1) is 17.9 Å². The third-order valence-electron chi connectivity index (χ3n) is 2.46. The second-order valence-corrected chi connectivity index (χ2v) is 4.82. The topological polar surface area (TPSA) is 58.4 Å². The summed E-state index contributed by atoms with van der Waals surface area (Å²) in [6.07, 6.45) is -4.33. The molecule has 0 bridgehead atoms. The number of nitrogens with zero attached hydrogens (tertiary/aromatic N) is 1. The number of rotatable bonds is 5. The quantitative estimate of drug-likeness (QED) is 0.822. The number of hydrogen-bond donors (Lipinski definition) is 2. The second kappa shape index (κ2) is 6.81. The number of alkyl halides is 3. The Morgan fingerprint density at radius 1 is 1.45 bits per heavy atom. The van der Waals surface area contributed by atoms with Crippen molar-refractivity contribution in [3.63, 3.8) is 0 Å². The number of benzene rings is 1. The van der Waals surface area contributed by atoms with Gasteiger partial charge in [-0.05, 0) is 25.2 Å². The molecule has 20 heavy (non-hydrogen) atoms. The first kappa shape index (κ1) is 16.6. The van der Waals surface area contributed by atoms with E-state index in [0.717, 1.165) is 4.90 Å². The number of hydrogen-bond acceptors (Lipinski definition) is 3. The Bertz CT molecular complexity index is 480. The molecule has 0 unspecified atom stereocenters. The van der Waals surface area contributed by atoms with Gasteiger partial charge in [0.2, 0.25) is 5.91 Å². The third-order valence-corrected chi connectivity index (χ3v) is 2.69. The van der Waals surface area contributed by atoms with Gasteiger partial charge in [0.15, 0.2) is 0 Å². The van der Waals surface area contributed by atoms with E-state index in [0.29, 0.717) is 16.4 Å². The van der Waals surface area contributed by atoms with Gasteiger partial charge < -0.3 is 11.1 Å². The fraction of sp³-hybridized carbons (Fsp3) is 0.417. The molecule has 1 aromatic carbocycles. The fourth-order valence-electron chi connectivity index (χ4n) is 1.54. The molecule has 0 aliphatic carbocycles. The molecule has 0 aliphatic rings. The average Bonchev–Trinajstić information content (AvgIpc) is 2.28. The van der Waals surface area contributed by atoms with Crippen molar-refractivity contribution < 1.29 is 18.0 Å². The Labute approximate surface area is 119 Å². The van der Waals surface area contributed by atoms with E-state index in [4.69, 9.17) is 17.3 Å². The van der Waals surface area contributed by atoms with Crippen LogP contribution in [-0.4, -0.2) is 37.1 Å². The number of halogens is 4. The Kier molecular flexibility index (Phi) is 5.64. The van der Waals surface area contributed by atoms with Crippen LogP contribution < -0.4 is 11.1 Å². The van der Waals surface area contributed by atoms with Gasteiger partial charge in [-0.2, -0.15) is 13.2 Å². The highest BCUT2D eigenvalue weighted by Crippen LogP contribution is 2.22. The molecule has 8 heteroatoms. The number of amides is 1. The number of anilines is 2. The lowest BCUT2D eigenvalue weighted by Crippen LogP contribution is -2.33. The molecule has 0 saturated carbocycles. The molecule has 0 radical (unpaired) electrons.